The van der Waals surface area contributed by atoms with Crippen molar-refractivity contribution in [3.63, 3.8) is 0 Å². The van der Waals surface area contributed by atoms with Gasteiger partial charge in [0.25, 0.3) is 5.56 Å². The van der Waals surface area contributed by atoms with Crippen molar-refractivity contribution in [2.24, 2.45) is 5.92 Å². The van der Waals surface area contributed by atoms with Crippen molar-refractivity contribution in [3.8, 4) is 0 Å². The van der Waals surface area contributed by atoms with Crippen LogP contribution in [-0.4, -0.2) is 9.97 Å². The number of nitrogens with one attached hydrogen (secondary N) is 1. The first-order valence-corrected chi connectivity index (χ1v) is 11.7. The zero-order valence-corrected chi connectivity index (χ0v) is 18.7. The van der Waals surface area contributed by atoms with Crippen LogP contribution in [-0.2, 0) is 19.4 Å². The molecule has 4 nitrogen and oxygen atoms in total. The number of rotatable bonds is 6. The van der Waals surface area contributed by atoms with E-state index in [1.54, 1.807) is 11.3 Å². The summed E-state index contributed by atoms with van der Waals surface area (Å²) in [5.74, 6) is 1.82. The number of thiophene rings is 1. The first-order valence-electron chi connectivity index (χ1n) is 10.9. The van der Waals surface area contributed by atoms with Gasteiger partial charge in [0.05, 0.1) is 5.39 Å². The second-order valence-electron chi connectivity index (χ2n) is 8.93. The minimum absolute atomic E-state index is 0.0418. The number of aromatic amines is 1. The first kappa shape index (κ1) is 20.3. The third kappa shape index (κ3) is 4.17. The Kier molecular flexibility index (Phi) is 5.88. The Morgan fingerprint density at radius 2 is 1.76 bits per heavy atom. The van der Waals surface area contributed by atoms with E-state index < -0.39 is 0 Å². The van der Waals surface area contributed by atoms with Gasteiger partial charge in [-0.05, 0) is 42.7 Å². The van der Waals surface area contributed by atoms with Crippen molar-refractivity contribution in [2.45, 2.75) is 71.9 Å². The Balaban J connectivity index is 1.56. The molecule has 0 saturated heterocycles. The Hall–Kier alpha value is -1.98. The van der Waals surface area contributed by atoms with Crippen LogP contribution in [0.4, 0.5) is 0 Å². The van der Waals surface area contributed by atoms with Gasteiger partial charge in [-0.15, -0.1) is 11.3 Å². The molecule has 1 aliphatic carbocycles. The van der Waals surface area contributed by atoms with Crippen molar-refractivity contribution >= 4 is 21.6 Å². The van der Waals surface area contributed by atoms with Crippen molar-refractivity contribution in [1.29, 1.82) is 0 Å². The summed E-state index contributed by atoms with van der Waals surface area (Å²) in [6.45, 7) is 9.64. The Morgan fingerprint density at radius 1 is 1.07 bits per heavy atom. The summed E-state index contributed by atoms with van der Waals surface area (Å²) < 4.78 is 0. The number of H-pyrrole nitrogens is 1. The van der Waals surface area contributed by atoms with Crippen molar-refractivity contribution < 1.29 is 5.32 Å². The quantitative estimate of drug-likeness (QED) is 0.631. The monoisotopic (exact) mass is 410 g/mol. The lowest BCUT2D eigenvalue weighted by Gasteiger charge is -2.20. The van der Waals surface area contributed by atoms with Gasteiger partial charge < -0.3 is 10.3 Å². The highest BCUT2D eigenvalue weighted by Crippen LogP contribution is 2.33. The SMILES string of the molecule is CC(C)c1ccc([C@H]([NH2+]Cc2nc3sc4c(c3c(=O)[nH]2)CCCC4)C(C)C)cc1. The van der Waals surface area contributed by atoms with E-state index in [0.29, 0.717) is 24.4 Å². The fraction of sp³-hybridized carbons (Fsp3) is 0.500. The first-order chi connectivity index (χ1) is 13.9. The molecule has 0 fully saturated rings. The van der Waals surface area contributed by atoms with E-state index in [1.807, 2.05) is 0 Å². The molecule has 5 heteroatoms. The molecule has 1 atom stereocenters. The van der Waals surface area contributed by atoms with E-state index in [-0.39, 0.29) is 5.56 Å². The number of nitrogens with two attached hydrogens (primary N) is 1. The average molecular weight is 411 g/mol. The highest BCUT2D eigenvalue weighted by molar-refractivity contribution is 7.18. The maximum Gasteiger partial charge on any atom is 0.260 e. The number of benzene rings is 1. The Labute approximate surface area is 176 Å². The smallest absolute Gasteiger partial charge is 0.260 e. The zero-order chi connectivity index (χ0) is 20.5. The topological polar surface area (TPSA) is 62.4 Å². The third-order valence-electron chi connectivity index (χ3n) is 6.15. The number of aromatic nitrogens is 2. The van der Waals surface area contributed by atoms with Gasteiger partial charge in [0.1, 0.15) is 17.4 Å². The lowest BCUT2D eigenvalue weighted by molar-refractivity contribution is -0.718. The van der Waals surface area contributed by atoms with E-state index in [0.717, 1.165) is 28.9 Å². The molecule has 0 aliphatic heterocycles. The van der Waals surface area contributed by atoms with Gasteiger partial charge in [0.2, 0.25) is 0 Å². The third-order valence-corrected chi connectivity index (χ3v) is 7.33. The molecule has 0 radical (unpaired) electrons. The lowest BCUT2D eigenvalue weighted by Crippen LogP contribution is -2.85. The number of quaternary nitrogens is 1. The molecule has 1 aromatic carbocycles. The molecule has 29 heavy (non-hydrogen) atoms. The molecule has 1 aliphatic rings. The summed E-state index contributed by atoms with van der Waals surface area (Å²) in [4.78, 5) is 23.0. The van der Waals surface area contributed by atoms with Gasteiger partial charge in [-0.25, -0.2) is 4.98 Å². The van der Waals surface area contributed by atoms with Crippen LogP contribution in [0, 0.1) is 5.92 Å². The van der Waals surface area contributed by atoms with Gasteiger partial charge in [-0.3, -0.25) is 4.79 Å². The molecule has 0 unspecified atom stereocenters. The fourth-order valence-electron chi connectivity index (χ4n) is 4.44. The zero-order valence-electron chi connectivity index (χ0n) is 17.9. The van der Waals surface area contributed by atoms with Crippen molar-refractivity contribution in [1.82, 2.24) is 9.97 Å². The summed E-state index contributed by atoms with van der Waals surface area (Å²) in [6, 6.07) is 9.33. The number of fused-ring (bicyclic) bond motifs is 3. The minimum atomic E-state index is 0.0418. The molecule has 154 valence electrons. The summed E-state index contributed by atoms with van der Waals surface area (Å²) in [6.07, 6.45) is 4.52. The number of nitrogens with zero attached hydrogens (tertiary/aromatic N) is 1. The molecule has 3 aromatic rings. The van der Waals surface area contributed by atoms with Crippen LogP contribution in [0.3, 0.4) is 0 Å². The van der Waals surface area contributed by atoms with Crippen LogP contribution in [0.1, 0.15) is 79.9 Å². The Morgan fingerprint density at radius 3 is 2.45 bits per heavy atom. The summed E-state index contributed by atoms with van der Waals surface area (Å²) in [5, 5.41) is 3.16. The predicted molar refractivity (Wildman–Crippen MR) is 121 cm³/mol. The van der Waals surface area contributed by atoms with Crippen LogP contribution >= 0.6 is 11.3 Å². The average Bonchev–Trinajstić information content (AvgIpc) is 3.07. The summed E-state index contributed by atoms with van der Waals surface area (Å²) >= 11 is 1.72. The molecule has 4 rings (SSSR count). The van der Waals surface area contributed by atoms with Gasteiger partial charge in [-0.1, -0.05) is 52.0 Å². The minimum Gasteiger partial charge on any atom is -0.334 e. The molecule has 0 spiro atoms. The van der Waals surface area contributed by atoms with E-state index in [4.69, 9.17) is 4.98 Å². The molecular formula is C24H32N3OS+. The molecule has 3 N–H and O–H groups in total. The molecule has 2 heterocycles. The van der Waals surface area contributed by atoms with Crippen LogP contribution in [0.5, 0.6) is 0 Å². The predicted octanol–water partition coefficient (Wildman–Crippen LogP) is 4.45. The number of hydrogen-bond acceptors (Lipinski definition) is 3. The van der Waals surface area contributed by atoms with Gasteiger partial charge in [-0.2, -0.15) is 0 Å². The van der Waals surface area contributed by atoms with Crippen molar-refractivity contribution in [2.75, 3.05) is 0 Å². The summed E-state index contributed by atoms with van der Waals surface area (Å²) in [7, 11) is 0. The van der Waals surface area contributed by atoms with Gasteiger partial charge in [0, 0.05) is 16.4 Å². The van der Waals surface area contributed by atoms with Crippen LogP contribution in [0.2, 0.25) is 0 Å². The van der Waals surface area contributed by atoms with E-state index in [1.165, 1.54) is 34.4 Å². The van der Waals surface area contributed by atoms with Gasteiger partial charge in [0.15, 0.2) is 5.82 Å². The number of aryl methyl sites for hydroxylation is 2. The van der Waals surface area contributed by atoms with Crippen LogP contribution in [0.25, 0.3) is 10.2 Å². The maximum atomic E-state index is 12.8. The van der Waals surface area contributed by atoms with E-state index in [9.17, 15) is 4.79 Å². The van der Waals surface area contributed by atoms with Crippen molar-refractivity contribution in [3.05, 3.63) is 62.0 Å². The molecule has 2 aromatic heterocycles. The van der Waals surface area contributed by atoms with E-state index in [2.05, 4.69) is 62.3 Å². The largest absolute Gasteiger partial charge is 0.334 e. The maximum absolute atomic E-state index is 12.8. The Bertz CT molecular complexity index is 1050. The van der Waals surface area contributed by atoms with Gasteiger partial charge >= 0.3 is 0 Å². The highest BCUT2D eigenvalue weighted by Gasteiger charge is 2.22. The second kappa shape index (κ2) is 8.41. The number of hydrogen-bond donors (Lipinski definition) is 2. The van der Waals surface area contributed by atoms with Crippen LogP contribution < -0.4 is 10.9 Å². The summed E-state index contributed by atoms with van der Waals surface area (Å²) in [5.41, 5.74) is 4.00. The standard InChI is InChI=1S/C24H31N3OS/c1-14(2)16-9-11-17(12-10-16)22(15(3)4)25-13-20-26-23(28)21-18-7-5-6-8-19(18)29-24(21)27-20/h9-12,14-15,22,25H,5-8,13H2,1-4H3,(H,26,27,28)/p+1/t22-/m1/s1. The molecule has 0 amide bonds. The highest BCUT2D eigenvalue weighted by atomic mass is 32.1. The fourth-order valence-corrected chi connectivity index (χ4v) is 5.72. The lowest BCUT2D eigenvalue weighted by atomic mass is 9.93. The second-order valence-corrected chi connectivity index (χ2v) is 10.0. The van der Waals surface area contributed by atoms with Crippen LogP contribution in [0.15, 0.2) is 29.1 Å². The molecule has 0 bridgehead atoms. The van der Waals surface area contributed by atoms with E-state index >= 15 is 0 Å². The normalized spacial score (nSPS) is 15.2. The molecule has 0 saturated carbocycles. The molecular weight excluding hydrogens is 378 g/mol.